The summed E-state index contributed by atoms with van der Waals surface area (Å²) in [5, 5.41) is 0. The maximum Gasteiger partial charge on any atom is 0.145 e. The van der Waals surface area contributed by atoms with Crippen molar-refractivity contribution in [2.45, 2.75) is 52.0 Å². The van der Waals surface area contributed by atoms with Crippen molar-refractivity contribution in [1.29, 1.82) is 0 Å². The third kappa shape index (κ3) is 1.31. The Morgan fingerprint density at radius 1 is 1.50 bits per heavy atom. The molecule has 14 heavy (non-hydrogen) atoms. The van der Waals surface area contributed by atoms with Gasteiger partial charge in [-0.1, -0.05) is 13.8 Å². The van der Waals surface area contributed by atoms with Gasteiger partial charge < -0.3 is 10.3 Å². The van der Waals surface area contributed by atoms with Crippen LogP contribution in [0.4, 0.5) is 5.82 Å². The van der Waals surface area contributed by atoms with E-state index in [9.17, 15) is 0 Å². The van der Waals surface area contributed by atoms with Crippen molar-refractivity contribution in [2.24, 2.45) is 0 Å². The summed E-state index contributed by atoms with van der Waals surface area (Å²) < 4.78 is 2.35. The molecule has 0 saturated heterocycles. The third-order valence-corrected chi connectivity index (χ3v) is 3.06. The number of hydrogen-bond acceptors (Lipinski definition) is 2. The predicted octanol–water partition coefficient (Wildman–Crippen LogP) is 2.49. The Bertz CT molecular complexity index is 339. The number of imidazole rings is 1. The first-order chi connectivity index (χ1) is 6.61. The van der Waals surface area contributed by atoms with E-state index in [-0.39, 0.29) is 0 Å². The maximum atomic E-state index is 5.93. The zero-order chi connectivity index (χ0) is 10.3. The van der Waals surface area contributed by atoms with E-state index in [1.165, 1.54) is 18.5 Å². The van der Waals surface area contributed by atoms with Gasteiger partial charge in [-0.25, -0.2) is 4.98 Å². The molecule has 2 rings (SSSR count). The summed E-state index contributed by atoms with van der Waals surface area (Å²) in [6.45, 7) is 6.61. The molecular formula is C11H19N3. The zero-order valence-electron chi connectivity index (χ0n) is 9.25. The minimum Gasteiger partial charge on any atom is -0.382 e. The fourth-order valence-corrected chi connectivity index (χ4v) is 2.35. The molecule has 0 amide bonds. The number of fused-ring (bicyclic) bond motifs is 1. The van der Waals surface area contributed by atoms with Gasteiger partial charge in [0.05, 0.1) is 5.69 Å². The van der Waals surface area contributed by atoms with E-state index in [0.717, 1.165) is 18.1 Å². The standard InChI is InChI=1S/C11H19N3/c1-7(2)11-13-10(12)9-6-4-5-8(3)14(9)11/h7-8H,4-6,12H2,1-3H3. The number of anilines is 1. The molecule has 78 valence electrons. The molecule has 0 radical (unpaired) electrons. The first-order valence-corrected chi connectivity index (χ1v) is 5.47. The van der Waals surface area contributed by atoms with Crippen LogP contribution >= 0.6 is 0 Å². The summed E-state index contributed by atoms with van der Waals surface area (Å²) in [5.41, 5.74) is 7.19. The van der Waals surface area contributed by atoms with Crippen LogP contribution in [0, 0.1) is 0 Å². The highest BCUT2D eigenvalue weighted by molar-refractivity contribution is 5.39. The second kappa shape index (κ2) is 3.30. The second-order valence-corrected chi connectivity index (χ2v) is 4.57. The lowest BCUT2D eigenvalue weighted by Crippen LogP contribution is -2.18. The minimum absolute atomic E-state index is 0.464. The molecule has 2 heterocycles. The van der Waals surface area contributed by atoms with Crippen molar-refractivity contribution in [2.75, 3.05) is 5.73 Å². The molecule has 1 unspecified atom stereocenters. The Morgan fingerprint density at radius 2 is 2.21 bits per heavy atom. The zero-order valence-corrected chi connectivity index (χ0v) is 9.25. The first kappa shape index (κ1) is 9.56. The van der Waals surface area contributed by atoms with E-state index in [0.29, 0.717) is 12.0 Å². The number of nitrogen functional groups attached to an aromatic ring is 1. The van der Waals surface area contributed by atoms with Crippen LogP contribution in [0.15, 0.2) is 0 Å². The fraction of sp³-hybridized carbons (Fsp3) is 0.727. The van der Waals surface area contributed by atoms with E-state index >= 15 is 0 Å². The van der Waals surface area contributed by atoms with Crippen molar-refractivity contribution in [3.8, 4) is 0 Å². The van der Waals surface area contributed by atoms with Crippen LogP contribution in [0.2, 0.25) is 0 Å². The lowest BCUT2D eigenvalue weighted by molar-refractivity contribution is 0.413. The summed E-state index contributed by atoms with van der Waals surface area (Å²) >= 11 is 0. The predicted molar refractivity (Wildman–Crippen MR) is 58.4 cm³/mol. The maximum absolute atomic E-state index is 5.93. The van der Waals surface area contributed by atoms with Gasteiger partial charge in [0.25, 0.3) is 0 Å². The molecule has 2 N–H and O–H groups in total. The van der Waals surface area contributed by atoms with Crippen LogP contribution < -0.4 is 5.73 Å². The Hall–Kier alpha value is -0.990. The number of nitrogens with two attached hydrogens (primary N) is 1. The van der Waals surface area contributed by atoms with Gasteiger partial charge in [0.2, 0.25) is 0 Å². The molecule has 0 spiro atoms. The highest BCUT2D eigenvalue weighted by Gasteiger charge is 2.24. The normalized spacial score (nSPS) is 21.3. The SMILES string of the molecule is CC(C)c1nc(N)c2n1C(C)CCC2. The quantitative estimate of drug-likeness (QED) is 0.744. The van der Waals surface area contributed by atoms with Crippen LogP contribution in [0.3, 0.4) is 0 Å². The van der Waals surface area contributed by atoms with Gasteiger partial charge in [0.1, 0.15) is 11.6 Å². The van der Waals surface area contributed by atoms with Crippen LogP contribution in [-0.2, 0) is 6.42 Å². The lowest BCUT2D eigenvalue weighted by Gasteiger charge is -2.25. The molecule has 1 atom stereocenters. The fourth-order valence-electron chi connectivity index (χ4n) is 2.35. The second-order valence-electron chi connectivity index (χ2n) is 4.57. The van der Waals surface area contributed by atoms with E-state index in [1.54, 1.807) is 0 Å². The molecule has 0 bridgehead atoms. The van der Waals surface area contributed by atoms with Gasteiger partial charge >= 0.3 is 0 Å². The lowest BCUT2D eigenvalue weighted by atomic mass is 10.0. The van der Waals surface area contributed by atoms with E-state index < -0.39 is 0 Å². The highest BCUT2D eigenvalue weighted by Crippen LogP contribution is 2.32. The van der Waals surface area contributed by atoms with Crippen molar-refractivity contribution < 1.29 is 0 Å². The number of aromatic nitrogens is 2. The molecule has 3 nitrogen and oxygen atoms in total. The van der Waals surface area contributed by atoms with Crippen molar-refractivity contribution >= 4 is 5.82 Å². The topological polar surface area (TPSA) is 43.8 Å². The largest absolute Gasteiger partial charge is 0.382 e. The minimum atomic E-state index is 0.464. The number of rotatable bonds is 1. The summed E-state index contributed by atoms with van der Waals surface area (Å²) in [6.07, 6.45) is 3.59. The summed E-state index contributed by atoms with van der Waals surface area (Å²) in [6, 6.07) is 0.570. The molecule has 0 fully saturated rings. The summed E-state index contributed by atoms with van der Waals surface area (Å²) in [5.74, 6) is 2.37. The Balaban J connectivity index is 2.53. The smallest absolute Gasteiger partial charge is 0.145 e. The number of hydrogen-bond donors (Lipinski definition) is 1. The average Bonchev–Trinajstić information content (AvgIpc) is 2.46. The monoisotopic (exact) mass is 193 g/mol. The van der Waals surface area contributed by atoms with Gasteiger partial charge in [0, 0.05) is 12.0 Å². The average molecular weight is 193 g/mol. The van der Waals surface area contributed by atoms with E-state index in [2.05, 4.69) is 30.3 Å². The van der Waals surface area contributed by atoms with E-state index in [1.807, 2.05) is 0 Å². The van der Waals surface area contributed by atoms with Gasteiger partial charge in [-0.2, -0.15) is 0 Å². The first-order valence-electron chi connectivity index (χ1n) is 5.47. The molecule has 1 aliphatic heterocycles. The molecule has 0 aliphatic carbocycles. The van der Waals surface area contributed by atoms with Crippen LogP contribution in [-0.4, -0.2) is 9.55 Å². The molecular weight excluding hydrogens is 174 g/mol. The van der Waals surface area contributed by atoms with Crippen molar-refractivity contribution in [3.63, 3.8) is 0 Å². The van der Waals surface area contributed by atoms with Gasteiger partial charge in [-0.3, -0.25) is 0 Å². The highest BCUT2D eigenvalue weighted by atomic mass is 15.2. The molecule has 0 aromatic carbocycles. The van der Waals surface area contributed by atoms with Crippen LogP contribution in [0.1, 0.15) is 57.1 Å². The van der Waals surface area contributed by atoms with Crippen molar-refractivity contribution in [1.82, 2.24) is 9.55 Å². The molecule has 1 aliphatic rings. The van der Waals surface area contributed by atoms with Gasteiger partial charge in [-0.05, 0) is 26.2 Å². The Labute approximate surface area is 85.3 Å². The molecule has 3 heteroatoms. The third-order valence-electron chi connectivity index (χ3n) is 3.06. The summed E-state index contributed by atoms with van der Waals surface area (Å²) in [4.78, 5) is 4.48. The number of nitrogens with zero attached hydrogens (tertiary/aromatic N) is 2. The molecule has 0 saturated carbocycles. The van der Waals surface area contributed by atoms with Gasteiger partial charge in [-0.15, -0.1) is 0 Å². The molecule has 1 aromatic heterocycles. The van der Waals surface area contributed by atoms with E-state index in [4.69, 9.17) is 5.73 Å². The van der Waals surface area contributed by atoms with Crippen LogP contribution in [0.5, 0.6) is 0 Å². The molecule has 1 aromatic rings. The van der Waals surface area contributed by atoms with Crippen molar-refractivity contribution in [3.05, 3.63) is 11.5 Å². The Morgan fingerprint density at radius 3 is 2.86 bits per heavy atom. The van der Waals surface area contributed by atoms with Crippen LogP contribution in [0.25, 0.3) is 0 Å². The Kier molecular flexibility index (Phi) is 2.25. The van der Waals surface area contributed by atoms with Gasteiger partial charge in [0.15, 0.2) is 0 Å². The summed E-state index contributed by atoms with van der Waals surface area (Å²) in [7, 11) is 0.